The smallest absolute Gasteiger partial charge is 0.162 e. The van der Waals surface area contributed by atoms with E-state index < -0.39 is 0 Å². The van der Waals surface area contributed by atoms with Crippen molar-refractivity contribution in [1.29, 1.82) is 0 Å². The Kier molecular flexibility index (Phi) is 5.45. The summed E-state index contributed by atoms with van der Waals surface area (Å²) in [6.07, 6.45) is 6.39. The van der Waals surface area contributed by atoms with Crippen LogP contribution in [0.1, 0.15) is 78.3 Å². The highest BCUT2D eigenvalue weighted by atomic mass is 35.5. The molecule has 0 radical (unpaired) electrons. The molecule has 0 unspecified atom stereocenters. The first-order chi connectivity index (χ1) is 15.0. The maximum absolute atomic E-state index is 6.16. The molecule has 1 atom stereocenters. The minimum Gasteiger partial charge on any atom is -0.273 e. The quantitative estimate of drug-likeness (QED) is 0.402. The van der Waals surface area contributed by atoms with Crippen molar-refractivity contribution in [3.63, 3.8) is 0 Å². The summed E-state index contributed by atoms with van der Waals surface area (Å²) < 4.78 is 2.16. The maximum atomic E-state index is 6.16. The molecule has 5 rings (SSSR count). The largest absolute Gasteiger partial charge is 0.273 e. The van der Waals surface area contributed by atoms with Crippen LogP contribution in [0.15, 0.2) is 29.3 Å². The van der Waals surface area contributed by atoms with Gasteiger partial charge in [-0.05, 0) is 51.3 Å². The summed E-state index contributed by atoms with van der Waals surface area (Å²) in [6, 6.07) is 7.84. The summed E-state index contributed by atoms with van der Waals surface area (Å²) >= 11 is 7.89. The summed E-state index contributed by atoms with van der Waals surface area (Å²) in [4.78, 5) is 6.22. The predicted octanol–water partition coefficient (Wildman–Crippen LogP) is 6.44. The predicted molar refractivity (Wildman–Crippen MR) is 128 cm³/mol. The van der Waals surface area contributed by atoms with Crippen LogP contribution in [0.3, 0.4) is 0 Å². The molecule has 6 heteroatoms. The van der Waals surface area contributed by atoms with Crippen LogP contribution < -0.4 is 0 Å². The molecule has 0 amide bonds. The van der Waals surface area contributed by atoms with E-state index in [0.29, 0.717) is 5.92 Å². The van der Waals surface area contributed by atoms with E-state index in [4.69, 9.17) is 16.6 Å². The van der Waals surface area contributed by atoms with Crippen LogP contribution in [0, 0.1) is 31.6 Å². The molecule has 31 heavy (non-hydrogen) atoms. The third-order valence-corrected chi connectivity index (χ3v) is 7.67. The highest BCUT2D eigenvalue weighted by molar-refractivity contribution is 7.15. The Bertz CT molecular complexity index is 1220. The fraction of sp³-hybridized carbons (Fsp3) is 0.400. The molecule has 3 aromatic rings. The second kappa shape index (κ2) is 8.26. The highest BCUT2D eigenvalue weighted by Crippen LogP contribution is 2.39. The third kappa shape index (κ3) is 3.73. The van der Waals surface area contributed by atoms with E-state index in [0.717, 1.165) is 43.4 Å². The summed E-state index contributed by atoms with van der Waals surface area (Å²) in [5.74, 6) is 9.37. The third-order valence-electron chi connectivity index (χ3n) is 6.23. The lowest BCUT2D eigenvalue weighted by atomic mass is 9.90. The standard InChI is InChI=1S/C25H25ClN4S/c1-15-21(14-9-18-7-5-4-6-8-18)31-25-22(15)23(19-10-12-20(26)13-11-19)27-16(2)24-29-28-17(3)30(24)25/h10-13,16,18H,4-8H2,1-3H3/t16-/m0/s1. The highest BCUT2D eigenvalue weighted by Gasteiger charge is 2.30. The normalized spacial score (nSPS) is 18.5. The monoisotopic (exact) mass is 448 g/mol. The maximum Gasteiger partial charge on any atom is 0.162 e. The van der Waals surface area contributed by atoms with Crippen molar-refractivity contribution in [3.05, 3.63) is 62.5 Å². The minimum absolute atomic E-state index is 0.0948. The Morgan fingerprint density at radius 3 is 2.55 bits per heavy atom. The molecular weight excluding hydrogens is 424 g/mol. The van der Waals surface area contributed by atoms with Crippen LogP contribution in [0.5, 0.6) is 0 Å². The van der Waals surface area contributed by atoms with Crippen molar-refractivity contribution in [2.45, 2.75) is 58.9 Å². The molecule has 1 aromatic carbocycles. The van der Waals surface area contributed by atoms with E-state index in [9.17, 15) is 0 Å². The molecule has 3 heterocycles. The number of hydrogen-bond donors (Lipinski definition) is 0. The van der Waals surface area contributed by atoms with Crippen molar-refractivity contribution >= 4 is 28.6 Å². The Morgan fingerprint density at radius 1 is 1.06 bits per heavy atom. The first-order valence-corrected chi connectivity index (χ1v) is 12.1. The van der Waals surface area contributed by atoms with Gasteiger partial charge in [-0.2, -0.15) is 0 Å². The van der Waals surface area contributed by atoms with Crippen molar-refractivity contribution in [2.75, 3.05) is 0 Å². The van der Waals surface area contributed by atoms with Crippen LogP contribution >= 0.6 is 22.9 Å². The van der Waals surface area contributed by atoms with Gasteiger partial charge in [-0.3, -0.25) is 9.56 Å². The number of rotatable bonds is 1. The van der Waals surface area contributed by atoms with Gasteiger partial charge < -0.3 is 0 Å². The molecule has 158 valence electrons. The van der Waals surface area contributed by atoms with Gasteiger partial charge in [0.25, 0.3) is 0 Å². The molecule has 1 saturated carbocycles. The van der Waals surface area contributed by atoms with E-state index in [2.05, 4.69) is 40.5 Å². The SMILES string of the molecule is Cc1c(C#CC2CCCCC2)sc2c1C(c1ccc(Cl)cc1)=N[C@@H](C)c1nnc(C)n1-2. The number of aromatic nitrogens is 3. The van der Waals surface area contributed by atoms with Crippen LogP contribution in [-0.4, -0.2) is 20.5 Å². The van der Waals surface area contributed by atoms with Crippen LogP contribution in [-0.2, 0) is 0 Å². The lowest BCUT2D eigenvalue weighted by Gasteiger charge is -2.15. The molecule has 1 fully saturated rings. The summed E-state index contributed by atoms with van der Waals surface area (Å²) in [5, 5.41) is 10.6. The second-order valence-corrected chi connectivity index (χ2v) is 9.88. The fourth-order valence-electron chi connectivity index (χ4n) is 4.51. The first-order valence-electron chi connectivity index (χ1n) is 10.9. The number of nitrogens with zero attached hydrogens (tertiary/aromatic N) is 4. The van der Waals surface area contributed by atoms with E-state index >= 15 is 0 Å². The molecule has 2 aliphatic rings. The fourth-order valence-corrected chi connectivity index (χ4v) is 5.86. The van der Waals surface area contributed by atoms with E-state index in [-0.39, 0.29) is 6.04 Å². The topological polar surface area (TPSA) is 43.1 Å². The molecule has 1 aliphatic carbocycles. The van der Waals surface area contributed by atoms with Gasteiger partial charge in [0, 0.05) is 22.1 Å². The van der Waals surface area contributed by atoms with Crippen molar-refractivity contribution in [2.24, 2.45) is 10.9 Å². The number of thiophene rings is 1. The van der Waals surface area contributed by atoms with Gasteiger partial charge >= 0.3 is 0 Å². The lowest BCUT2D eigenvalue weighted by Crippen LogP contribution is -2.07. The lowest BCUT2D eigenvalue weighted by molar-refractivity contribution is 0.430. The van der Waals surface area contributed by atoms with Crippen molar-refractivity contribution in [3.8, 4) is 16.8 Å². The molecule has 0 N–H and O–H groups in total. The Hall–Kier alpha value is -2.42. The van der Waals surface area contributed by atoms with Crippen LogP contribution in [0.25, 0.3) is 5.00 Å². The van der Waals surface area contributed by atoms with E-state index in [1.54, 1.807) is 11.3 Å². The van der Waals surface area contributed by atoms with E-state index in [1.165, 1.54) is 37.7 Å². The number of hydrogen-bond acceptors (Lipinski definition) is 4. The zero-order valence-electron chi connectivity index (χ0n) is 18.1. The Morgan fingerprint density at radius 2 is 1.81 bits per heavy atom. The minimum atomic E-state index is -0.0948. The number of benzene rings is 1. The molecule has 4 nitrogen and oxygen atoms in total. The number of halogens is 1. The molecule has 0 spiro atoms. The first kappa shape index (κ1) is 20.5. The zero-order chi connectivity index (χ0) is 21.5. The molecule has 0 bridgehead atoms. The van der Waals surface area contributed by atoms with Crippen molar-refractivity contribution < 1.29 is 0 Å². The zero-order valence-corrected chi connectivity index (χ0v) is 19.6. The van der Waals surface area contributed by atoms with Gasteiger partial charge in [0.15, 0.2) is 5.82 Å². The van der Waals surface area contributed by atoms with Crippen LogP contribution in [0.4, 0.5) is 0 Å². The molecule has 1 aliphatic heterocycles. The van der Waals surface area contributed by atoms with E-state index in [1.807, 2.05) is 31.2 Å². The number of fused-ring (bicyclic) bond motifs is 3. The van der Waals surface area contributed by atoms with Crippen LogP contribution in [0.2, 0.25) is 5.02 Å². The average Bonchev–Trinajstić information content (AvgIpc) is 3.27. The van der Waals surface area contributed by atoms with Gasteiger partial charge in [0.1, 0.15) is 16.9 Å². The Labute approximate surface area is 192 Å². The second-order valence-electron chi connectivity index (χ2n) is 8.44. The number of aliphatic imine (C=N–C) groups is 1. The van der Waals surface area contributed by atoms with Gasteiger partial charge in [0.05, 0.1) is 10.6 Å². The van der Waals surface area contributed by atoms with Crippen molar-refractivity contribution in [1.82, 2.24) is 14.8 Å². The van der Waals surface area contributed by atoms with Gasteiger partial charge in [0.2, 0.25) is 0 Å². The Balaban J connectivity index is 1.68. The molecular formula is C25H25ClN4S. The summed E-state index contributed by atoms with van der Waals surface area (Å²) in [5.41, 5.74) is 4.35. The van der Waals surface area contributed by atoms with Gasteiger partial charge in [-0.15, -0.1) is 21.5 Å². The summed E-state index contributed by atoms with van der Waals surface area (Å²) in [6.45, 7) is 6.25. The molecule has 0 saturated heterocycles. The average molecular weight is 449 g/mol. The summed E-state index contributed by atoms with van der Waals surface area (Å²) in [7, 11) is 0. The van der Waals surface area contributed by atoms with Gasteiger partial charge in [-0.25, -0.2) is 0 Å². The number of aryl methyl sites for hydroxylation is 1. The molecule has 2 aromatic heterocycles. The van der Waals surface area contributed by atoms with Gasteiger partial charge in [-0.1, -0.05) is 54.8 Å².